The molecule has 1 aromatic carbocycles. The number of hydrogen-bond acceptors (Lipinski definition) is 3. The Labute approximate surface area is 132 Å². The van der Waals surface area contributed by atoms with Gasteiger partial charge in [-0.3, -0.25) is 4.79 Å². The van der Waals surface area contributed by atoms with E-state index < -0.39 is 0 Å². The first-order valence-electron chi connectivity index (χ1n) is 7.77. The molecule has 0 saturated heterocycles. The van der Waals surface area contributed by atoms with Gasteiger partial charge in [-0.25, -0.2) is 4.98 Å². The molecule has 4 nitrogen and oxygen atoms in total. The number of aryl methyl sites for hydroxylation is 1. The Bertz CT molecular complexity index is 608. The van der Waals surface area contributed by atoms with Gasteiger partial charge < -0.3 is 10.6 Å². The molecular formula is C18H23N3O. The van der Waals surface area contributed by atoms with Gasteiger partial charge in [0.25, 0.3) is 5.91 Å². The van der Waals surface area contributed by atoms with Crippen LogP contribution >= 0.6 is 0 Å². The van der Waals surface area contributed by atoms with E-state index in [-0.39, 0.29) is 5.91 Å². The molecule has 0 aliphatic carbocycles. The number of benzene rings is 1. The van der Waals surface area contributed by atoms with Crippen molar-refractivity contribution in [3.8, 4) is 0 Å². The third-order valence-corrected chi connectivity index (χ3v) is 3.37. The van der Waals surface area contributed by atoms with Crippen LogP contribution in [0.15, 0.2) is 42.6 Å². The smallest absolute Gasteiger partial charge is 0.269 e. The summed E-state index contributed by atoms with van der Waals surface area (Å²) in [4.78, 5) is 16.1. The summed E-state index contributed by atoms with van der Waals surface area (Å²) in [7, 11) is 0. The Hall–Kier alpha value is -2.36. The van der Waals surface area contributed by atoms with Crippen molar-refractivity contribution in [3.63, 3.8) is 0 Å². The maximum atomic E-state index is 11.9. The molecule has 2 aromatic rings. The second kappa shape index (κ2) is 8.17. The van der Waals surface area contributed by atoms with Crippen molar-refractivity contribution in [1.29, 1.82) is 0 Å². The van der Waals surface area contributed by atoms with Crippen LogP contribution in [0, 0.1) is 6.92 Å². The van der Waals surface area contributed by atoms with Crippen molar-refractivity contribution in [2.75, 3.05) is 11.9 Å². The summed E-state index contributed by atoms with van der Waals surface area (Å²) in [5.41, 5.74) is 3.53. The highest BCUT2D eigenvalue weighted by Crippen LogP contribution is 2.16. The normalized spacial score (nSPS) is 10.3. The molecule has 0 aliphatic heterocycles. The first-order chi connectivity index (χ1) is 10.7. The molecule has 4 heteroatoms. The standard InChI is InChI=1S/C18H23N3O/c1-3-4-5-11-19-18(22)17-10-9-16(13-20-17)21-15-8-6-7-14(2)12-15/h6-10,12-13,21H,3-5,11H2,1-2H3,(H,19,22). The Morgan fingerprint density at radius 2 is 2.00 bits per heavy atom. The maximum absolute atomic E-state index is 11.9. The summed E-state index contributed by atoms with van der Waals surface area (Å²) in [6.45, 7) is 4.90. The van der Waals surface area contributed by atoms with Crippen molar-refractivity contribution in [2.24, 2.45) is 0 Å². The van der Waals surface area contributed by atoms with E-state index in [1.807, 2.05) is 18.2 Å². The van der Waals surface area contributed by atoms with E-state index in [1.165, 1.54) is 5.56 Å². The molecule has 1 heterocycles. The number of aromatic nitrogens is 1. The minimum atomic E-state index is -0.113. The molecule has 0 aliphatic rings. The highest BCUT2D eigenvalue weighted by atomic mass is 16.1. The predicted molar refractivity (Wildman–Crippen MR) is 90.6 cm³/mol. The first-order valence-corrected chi connectivity index (χ1v) is 7.77. The largest absolute Gasteiger partial charge is 0.354 e. The molecule has 0 spiro atoms. The van der Waals surface area contributed by atoms with Crippen LogP contribution < -0.4 is 10.6 Å². The Balaban J connectivity index is 1.91. The molecular weight excluding hydrogens is 274 g/mol. The number of anilines is 2. The highest BCUT2D eigenvalue weighted by molar-refractivity contribution is 5.92. The number of rotatable bonds is 7. The third kappa shape index (κ3) is 4.88. The lowest BCUT2D eigenvalue weighted by molar-refractivity contribution is 0.0948. The van der Waals surface area contributed by atoms with Crippen LogP contribution in [-0.2, 0) is 0 Å². The Kier molecular flexibility index (Phi) is 5.95. The molecule has 0 atom stereocenters. The van der Waals surface area contributed by atoms with Gasteiger partial charge in [0.2, 0.25) is 0 Å². The van der Waals surface area contributed by atoms with Gasteiger partial charge in [0, 0.05) is 12.2 Å². The lowest BCUT2D eigenvalue weighted by Crippen LogP contribution is -2.25. The van der Waals surface area contributed by atoms with Gasteiger partial charge in [0.05, 0.1) is 11.9 Å². The van der Waals surface area contributed by atoms with Crippen molar-refractivity contribution >= 4 is 17.3 Å². The molecule has 2 rings (SSSR count). The number of unbranched alkanes of at least 4 members (excludes halogenated alkanes) is 2. The van der Waals surface area contributed by atoms with Crippen molar-refractivity contribution in [3.05, 3.63) is 53.9 Å². The number of carbonyl (C=O) groups excluding carboxylic acids is 1. The van der Waals surface area contributed by atoms with Gasteiger partial charge >= 0.3 is 0 Å². The molecule has 1 aromatic heterocycles. The number of nitrogens with zero attached hydrogens (tertiary/aromatic N) is 1. The fourth-order valence-corrected chi connectivity index (χ4v) is 2.16. The molecule has 0 saturated carbocycles. The van der Waals surface area contributed by atoms with Crippen molar-refractivity contribution in [1.82, 2.24) is 10.3 Å². The van der Waals surface area contributed by atoms with E-state index in [9.17, 15) is 4.79 Å². The number of pyridine rings is 1. The zero-order valence-corrected chi connectivity index (χ0v) is 13.2. The van der Waals surface area contributed by atoms with Crippen LogP contribution in [0.5, 0.6) is 0 Å². The van der Waals surface area contributed by atoms with Crippen LogP contribution in [0.3, 0.4) is 0 Å². The summed E-state index contributed by atoms with van der Waals surface area (Å²) in [6, 6.07) is 11.7. The summed E-state index contributed by atoms with van der Waals surface area (Å²) < 4.78 is 0. The number of amides is 1. The molecule has 0 unspecified atom stereocenters. The summed E-state index contributed by atoms with van der Waals surface area (Å²) in [6.07, 6.45) is 4.97. The zero-order chi connectivity index (χ0) is 15.8. The van der Waals surface area contributed by atoms with Crippen LogP contribution in [0.2, 0.25) is 0 Å². The van der Waals surface area contributed by atoms with E-state index in [4.69, 9.17) is 0 Å². The van der Waals surface area contributed by atoms with E-state index in [1.54, 1.807) is 12.3 Å². The fourth-order valence-electron chi connectivity index (χ4n) is 2.16. The number of nitrogens with one attached hydrogen (secondary N) is 2. The highest BCUT2D eigenvalue weighted by Gasteiger charge is 2.06. The maximum Gasteiger partial charge on any atom is 0.269 e. The van der Waals surface area contributed by atoms with Gasteiger partial charge in [-0.05, 0) is 43.2 Å². The Morgan fingerprint density at radius 1 is 1.14 bits per heavy atom. The van der Waals surface area contributed by atoms with Gasteiger partial charge in [-0.2, -0.15) is 0 Å². The summed E-state index contributed by atoms with van der Waals surface area (Å²) >= 11 is 0. The van der Waals surface area contributed by atoms with Crippen LogP contribution in [0.1, 0.15) is 42.2 Å². The predicted octanol–water partition coefficient (Wildman–Crippen LogP) is 4.05. The van der Waals surface area contributed by atoms with E-state index in [0.29, 0.717) is 12.2 Å². The van der Waals surface area contributed by atoms with E-state index in [2.05, 4.69) is 41.6 Å². The topological polar surface area (TPSA) is 54.0 Å². The number of carbonyl (C=O) groups is 1. The van der Waals surface area contributed by atoms with Crippen LogP contribution in [0.4, 0.5) is 11.4 Å². The van der Waals surface area contributed by atoms with Gasteiger partial charge in [0.15, 0.2) is 0 Å². The fraction of sp³-hybridized carbons (Fsp3) is 0.333. The van der Waals surface area contributed by atoms with Crippen molar-refractivity contribution in [2.45, 2.75) is 33.1 Å². The summed E-state index contributed by atoms with van der Waals surface area (Å²) in [5.74, 6) is -0.113. The molecule has 0 fully saturated rings. The van der Waals surface area contributed by atoms with Crippen molar-refractivity contribution < 1.29 is 4.79 Å². The Morgan fingerprint density at radius 3 is 2.68 bits per heavy atom. The molecule has 0 bridgehead atoms. The van der Waals surface area contributed by atoms with E-state index >= 15 is 0 Å². The van der Waals surface area contributed by atoms with Crippen LogP contribution in [0.25, 0.3) is 0 Å². The van der Waals surface area contributed by atoms with Gasteiger partial charge in [-0.15, -0.1) is 0 Å². The molecule has 116 valence electrons. The van der Waals surface area contributed by atoms with Gasteiger partial charge in [0.1, 0.15) is 5.69 Å². The quantitative estimate of drug-likeness (QED) is 0.758. The zero-order valence-electron chi connectivity index (χ0n) is 13.2. The lowest BCUT2D eigenvalue weighted by Gasteiger charge is -2.08. The average Bonchev–Trinajstić information content (AvgIpc) is 2.52. The average molecular weight is 297 g/mol. The van der Waals surface area contributed by atoms with Crippen LogP contribution in [-0.4, -0.2) is 17.4 Å². The third-order valence-electron chi connectivity index (χ3n) is 3.37. The lowest BCUT2D eigenvalue weighted by atomic mass is 10.2. The SMILES string of the molecule is CCCCCNC(=O)c1ccc(Nc2cccc(C)c2)cn1. The monoisotopic (exact) mass is 297 g/mol. The molecule has 1 amide bonds. The molecule has 22 heavy (non-hydrogen) atoms. The second-order valence-electron chi connectivity index (χ2n) is 5.39. The first kappa shape index (κ1) is 16.0. The molecule has 0 radical (unpaired) electrons. The minimum absolute atomic E-state index is 0.113. The molecule has 2 N–H and O–H groups in total. The van der Waals surface area contributed by atoms with Gasteiger partial charge in [-0.1, -0.05) is 31.9 Å². The van der Waals surface area contributed by atoms with E-state index in [0.717, 1.165) is 30.6 Å². The second-order valence-corrected chi connectivity index (χ2v) is 5.39. The summed E-state index contributed by atoms with van der Waals surface area (Å²) in [5, 5.41) is 6.17. The number of hydrogen-bond donors (Lipinski definition) is 2. The minimum Gasteiger partial charge on any atom is -0.354 e.